The summed E-state index contributed by atoms with van der Waals surface area (Å²) in [6.45, 7) is 2.58. The third-order valence-electron chi connectivity index (χ3n) is 3.34. The van der Waals surface area contributed by atoms with E-state index < -0.39 is 0 Å². The molecular weight excluding hydrogens is 303 g/mol. The first kappa shape index (κ1) is 16.5. The van der Waals surface area contributed by atoms with Crippen molar-refractivity contribution in [2.75, 3.05) is 6.54 Å². The largest absolute Gasteiger partial charge is 0.351 e. The van der Waals surface area contributed by atoms with Crippen LogP contribution < -0.4 is 10.6 Å². The van der Waals surface area contributed by atoms with Crippen LogP contribution in [0.5, 0.6) is 0 Å². The minimum atomic E-state index is -0.284. The molecule has 0 radical (unpaired) electrons. The molecule has 116 valence electrons. The number of hydrogen-bond donors (Lipinski definition) is 2. The maximum Gasteiger partial charge on any atom is 0.234 e. The SMILES string of the molecule is C[C@H](NCC(=O)NCc1ccc(F)cc1)c1ccc(Cl)cc1. The standard InChI is InChI=1S/C17H18ClFN2O/c1-12(14-4-6-15(18)7-5-14)20-11-17(22)21-10-13-2-8-16(19)9-3-13/h2-9,12,20H,10-11H2,1H3,(H,21,22)/t12-/m0/s1. The molecule has 0 heterocycles. The first-order chi connectivity index (χ1) is 10.5. The van der Waals surface area contributed by atoms with Crippen LogP contribution in [-0.2, 0) is 11.3 Å². The van der Waals surface area contributed by atoms with E-state index in [4.69, 9.17) is 11.6 Å². The Hall–Kier alpha value is -1.91. The van der Waals surface area contributed by atoms with E-state index in [0.29, 0.717) is 11.6 Å². The molecule has 1 atom stereocenters. The maximum absolute atomic E-state index is 12.8. The lowest BCUT2D eigenvalue weighted by atomic mass is 10.1. The molecule has 2 rings (SSSR count). The van der Waals surface area contributed by atoms with Gasteiger partial charge in [-0.15, -0.1) is 0 Å². The molecule has 5 heteroatoms. The van der Waals surface area contributed by atoms with Gasteiger partial charge in [0.15, 0.2) is 0 Å². The highest BCUT2D eigenvalue weighted by Gasteiger charge is 2.07. The lowest BCUT2D eigenvalue weighted by Crippen LogP contribution is -2.34. The van der Waals surface area contributed by atoms with Crippen LogP contribution in [-0.4, -0.2) is 12.5 Å². The first-order valence-electron chi connectivity index (χ1n) is 7.04. The number of amides is 1. The number of carbonyl (C=O) groups excluding carboxylic acids is 1. The Morgan fingerprint density at radius 3 is 2.41 bits per heavy atom. The van der Waals surface area contributed by atoms with Crippen LogP contribution in [0.3, 0.4) is 0 Å². The summed E-state index contributed by atoms with van der Waals surface area (Å²) in [5, 5.41) is 6.63. The van der Waals surface area contributed by atoms with Gasteiger partial charge in [-0.2, -0.15) is 0 Å². The Morgan fingerprint density at radius 1 is 1.14 bits per heavy atom. The van der Waals surface area contributed by atoms with Crippen LogP contribution in [0.4, 0.5) is 4.39 Å². The fraction of sp³-hybridized carbons (Fsp3) is 0.235. The molecule has 0 aromatic heterocycles. The van der Waals surface area contributed by atoms with E-state index in [1.54, 1.807) is 12.1 Å². The van der Waals surface area contributed by atoms with Crippen molar-refractivity contribution in [2.45, 2.75) is 19.5 Å². The van der Waals surface area contributed by atoms with Gasteiger partial charge in [0.1, 0.15) is 5.82 Å². The third-order valence-corrected chi connectivity index (χ3v) is 3.59. The monoisotopic (exact) mass is 320 g/mol. The molecule has 2 aromatic carbocycles. The van der Waals surface area contributed by atoms with E-state index >= 15 is 0 Å². The second-order valence-corrected chi connectivity index (χ2v) is 5.49. The molecule has 0 aliphatic carbocycles. The minimum Gasteiger partial charge on any atom is -0.351 e. The quantitative estimate of drug-likeness (QED) is 0.856. The van der Waals surface area contributed by atoms with Gasteiger partial charge in [-0.3, -0.25) is 4.79 Å². The molecule has 0 spiro atoms. The van der Waals surface area contributed by atoms with Crippen molar-refractivity contribution in [1.82, 2.24) is 10.6 Å². The van der Waals surface area contributed by atoms with Gasteiger partial charge in [-0.1, -0.05) is 35.9 Å². The smallest absolute Gasteiger partial charge is 0.234 e. The fourth-order valence-corrected chi connectivity index (χ4v) is 2.11. The van der Waals surface area contributed by atoms with E-state index in [-0.39, 0.29) is 24.3 Å². The summed E-state index contributed by atoms with van der Waals surface area (Å²) in [4.78, 5) is 11.8. The summed E-state index contributed by atoms with van der Waals surface area (Å²) in [5.41, 5.74) is 1.93. The van der Waals surface area contributed by atoms with Crippen LogP contribution in [0.15, 0.2) is 48.5 Å². The van der Waals surface area contributed by atoms with E-state index in [1.807, 2.05) is 31.2 Å². The first-order valence-corrected chi connectivity index (χ1v) is 7.42. The summed E-state index contributed by atoms with van der Waals surface area (Å²) in [6, 6.07) is 13.6. The van der Waals surface area contributed by atoms with Gasteiger partial charge < -0.3 is 10.6 Å². The van der Waals surface area contributed by atoms with Gasteiger partial charge in [-0.25, -0.2) is 4.39 Å². The lowest BCUT2D eigenvalue weighted by molar-refractivity contribution is -0.120. The highest BCUT2D eigenvalue weighted by molar-refractivity contribution is 6.30. The summed E-state index contributed by atoms with van der Waals surface area (Å²) in [7, 11) is 0. The Balaban J connectivity index is 1.75. The molecule has 0 bridgehead atoms. The molecule has 0 saturated carbocycles. The van der Waals surface area contributed by atoms with Crippen molar-refractivity contribution in [3.05, 3.63) is 70.5 Å². The van der Waals surface area contributed by atoms with Crippen molar-refractivity contribution >= 4 is 17.5 Å². The number of benzene rings is 2. The summed E-state index contributed by atoms with van der Waals surface area (Å²) < 4.78 is 12.8. The maximum atomic E-state index is 12.8. The van der Waals surface area contributed by atoms with E-state index in [0.717, 1.165) is 11.1 Å². The summed E-state index contributed by atoms with van der Waals surface area (Å²) >= 11 is 5.85. The van der Waals surface area contributed by atoms with Gasteiger partial charge >= 0.3 is 0 Å². The normalized spacial score (nSPS) is 12.0. The summed E-state index contributed by atoms with van der Waals surface area (Å²) in [6.07, 6.45) is 0. The van der Waals surface area contributed by atoms with Gasteiger partial charge in [0.2, 0.25) is 5.91 Å². The zero-order chi connectivity index (χ0) is 15.9. The van der Waals surface area contributed by atoms with Crippen molar-refractivity contribution in [3.63, 3.8) is 0 Å². The molecule has 0 aliphatic rings. The third kappa shape index (κ3) is 5.13. The number of hydrogen-bond acceptors (Lipinski definition) is 2. The molecule has 0 saturated heterocycles. The van der Waals surface area contributed by atoms with E-state index in [9.17, 15) is 9.18 Å². The Bertz CT molecular complexity index is 614. The second-order valence-electron chi connectivity index (χ2n) is 5.06. The predicted octanol–water partition coefficient (Wildman–Crippen LogP) is 3.45. The van der Waals surface area contributed by atoms with Crippen molar-refractivity contribution < 1.29 is 9.18 Å². The average molecular weight is 321 g/mol. The van der Waals surface area contributed by atoms with Gasteiger partial charge in [-0.05, 0) is 42.3 Å². The Labute approximate surface area is 134 Å². The Morgan fingerprint density at radius 2 is 1.77 bits per heavy atom. The van der Waals surface area contributed by atoms with Gasteiger partial charge in [0.25, 0.3) is 0 Å². The molecule has 2 N–H and O–H groups in total. The topological polar surface area (TPSA) is 41.1 Å². The predicted molar refractivity (Wildman–Crippen MR) is 86.1 cm³/mol. The van der Waals surface area contributed by atoms with Gasteiger partial charge in [0.05, 0.1) is 6.54 Å². The second kappa shape index (κ2) is 7.92. The highest BCUT2D eigenvalue weighted by atomic mass is 35.5. The Kier molecular flexibility index (Phi) is 5.92. The molecule has 3 nitrogen and oxygen atoms in total. The van der Waals surface area contributed by atoms with Crippen molar-refractivity contribution in [2.24, 2.45) is 0 Å². The molecule has 22 heavy (non-hydrogen) atoms. The van der Waals surface area contributed by atoms with Gasteiger partial charge in [0, 0.05) is 17.6 Å². The highest BCUT2D eigenvalue weighted by Crippen LogP contribution is 2.15. The van der Waals surface area contributed by atoms with Crippen LogP contribution in [0.1, 0.15) is 24.1 Å². The van der Waals surface area contributed by atoms with Crippen LogP contribution in [0, 0.1) is 5.82 Å². The summed E-state index contributed by atoms with van der Waals surface area (Å²) in [5.74, 6) is -0.390. The number of carbonyl (C=O) groups is 1. The fourth-order valence-electron chi connectivity index (χ4n) is 1.98. The van der Waals surface area contributed by atoms with Crippen LogP contribution in [0.25, 0.3) is 0 Å². The molecule has 0 unspecified atom stereocenters. The zero-order valence-corrected chi connectivity index (χ0v) is 13.0. The number of rotatable bonds is 6. The molecule has 1 amide bonds. The number of nitrogens with one attached hydrogen (secondary N) is 2. The minimum absolute atomic E-state index is 0.0498. The average Bonchev–Trinajstić information content (AvgIpc) is 2.52. The van der Waals surface area contributed by atoms with E-state index in [2.05, 4.69) is 10.6 Å². The van der Waals surface area contributed by atoms with Crippen LogP contribution in [0.2, 0.25) is 5.02 Å². The molecular formula is C17H18ClFN2O. The zero-order valence-electron chi connectivity index (χ0n) is 12.3. The van der Waals surface area contributed by atoms with Crippen molar-refractivity contribution in [3.8, 4) is 0 Å². The van der Waals surface area contributed by atoms with Crippen LogP contribution >= 0.6 is 11.6 Å². The number of halogens is 2. The van der Waals surface area contributed by atoms with Crippen molar-refractivity contribution in [1.29, 1.82) is 0 Å². The molecule has 2 aromatic rings. The van der Waals surface area contributed by atoms with E-state index in [1.165, 1.54) is 12.1 Å². The lowest BCUT2D eigenvalue weighted by Gasteiger charge is -2.14. The molecule has 0 fully saturated rings. The molecule has 0 aliphatic heterocycles.